The van der Waals surface area contributed by atoms with Crippen LogP contribution in [-0.4, -0.2) is 98.2 Å². The summed E-state index contributed by atoms with van der Waals surface area (Å²) in [7, 11) is 0. The number of rotatable bonds is 11. The fourth-order valence-electron chi connectivity index (χ4n) is 5.28. The smallest absolute Gasteiger partial charge is 0.337 e. The molecule has 3 aliphatic heterocycles. The van der Waals surface area contributed by atoms with Gasteiger partial charge in [0.1, 0.15) is 42.1 Å². The number of hydrogen-bond acceptors (Lipinski definition) is 12. The molecule has 0 amide bonds. The van der Waals surface area contributed by atoms with E-state index in [-0.39, 0.29) is 36.4 Å². The van der Waals surface area contributed by atoms with Gasteiger partial charge in [0.25, 0.3) is 0 Å². The van der Waals surface area contributed by atoms with Gasteiger partial charge >= 0.3 is 5.97 Å². The van der Waals surface area contributed by atoms with Crippen molar-refractivity contribution in [3.63, 3.8) is 0 Å². The molecule has 2 unspecified atom stereocenters. The molecule has 40 heavy (non-hydrogen) atoms. The number of Topliss-reactive ketones (excluding diaryl/α,β-unsaturated/α-hetero) is 1. The molecule has 10 atom stereocenters. The molecule has 0 radical (unpaired) electrons. The maximum atomic E-state index is 12.7. The lowest BCUT2D eigenvalue weighted by molar-refractivity contribution is -0.339. The van der Waals surface area contributed by atoms with Crippen LogP contribution < -0.4 is 0 Å². The second-order valence-corrected chi connectivity index (χ2v) is 10.4. The van der Waals surface area contributed by atoms with Crippen molar-refractivity contribution >= 4 is 11.8 Å². The van der Waals surface area contributed by atoms with Gasteiger partial charge in [0.2, 0.25) is 6.29 Å². The molecule has 2 saturated heterocycles. The van der Waals surface area contributed by atoms with E-state index in [1.165, 1.54) is 12.3 Å². The van der Waals surface area contributed by atoms with E-state index >= 15 is 0 Å². The first kappa shape index (κ1) is 30.1. The van der Waals surface area contributed by atoms with E-state index in [1.807, 2.05) is 0 Å². The van der Waals surface area contributed by atoms with Crippen molar-refractivity contribution in [1.29, 1.82) is 0 Å². The number of esters is 1. The Kier molecular flexibility index (Phi) is 9.95. The number of hydrogen-bond donors (Lipinski definition) is 6. The molecular formula is C28H36O12. The Bertz CT molecular complexity index is 1070. The normalized spacial score (nSPS) is 34.6. The van der Waals surface area contributed by atoms with Crippen LogP contribution in [0.5, 0.6) is 5.75 Å². The van der Waals surface area contributed by atoms with E-state index < -0.39 is 73.6 Å². The first-order valence-electron chi connectivity index (χ1n) is 13.2. The van der Waals surface area contributed by atoms with Gasteiger partial charge in [-0.3, -0.25) is 4.79 Å². The van der Waals surface area contributed by atoms with Crippen molar-refractivity contribution in [2.45, 2.75) is 81.3 Å². The molecular weight excluding hydrogens is 528 g/mol. The van der Waals surface area contributed by atoms with Crippen LogP contribution in [0.25, 0.3) is 0 Å². The number of phenols is 1. The minimum absolute atomic E-state index is 0.0885. The summed E-state index contributed by atoms with van der Waals surface area (Å²) in [6.07, 6.45) is -6.53. The number of aryl methyl sites for hydroxylation is 1. The van der Waals surface area contributed by atoms with Gasteiger partial charge in [-0.2, -0.15) is 0 Å². The Balaban J connectivity index is 1.34. The minimum Gasteiger partial charge on any atom is -0.508 e. The summed E-state index contributed by atoms with van der Waals surface area (Å²) in [5, 5.41) is 59.5. The highest BCUT2D eigenvalue weighted by Gasteiger charge is 2.49. The lowest BCUT2D eigenvalue weighted by Crippen LogP contribution is -2.60. The average Bonchev–Trinajstić information content (AvgIpc) is 2.92. The highest BCUT2D eigenvalue weighted by Crippen LogP contribution is 2.41. The molecule has 1 aromatic rings. The molecule has 0 aliphatic carbocycles. The third-order valence-corrected chi connectivity index (χ3v) is 7.54. The van der Waals surface area contributed by atoms with Crippen molar-refractivity contribution in [2.24, 2.45) is 11.8 Å². The molecule has 0 spiro atoms. The van der Waals surface area contributed by atoms with Gasteiger partial charge < -0.3 is 49.6 Å². The molecule has 3 aliphatic rings. The summed E-state index contributed by atoms with van der Waals surface area (Å²) in [6.45, 7) is 3.19. The van der Waals surface area contributed by atoms with E-state index in [0.717, 1.165) is 5.56 Å². The van der Waals surface area contributed by atoms with Crippen molar-refractivity contribution in [3.8, 4) is 5.75 Å². The first-order valence-corrected chi connectivity index (χ1v) is 13.2. The summed E-state index contributed by atoms with van der Waals surface area (Å²) in [5.41, 5.74) is 1.15. The third-order valence-electron chi connectivity index (χ3n) is 7.54. The van der Waals surface area contributed by atoms with Crippen molar-refractivity contribution < 1.29 is 59.2 Å². The van der Waals surface area contributed by atoms with Gasteiger partial charge in [-0.15, -0.1) is 6.58 Å². The van der Waals surface area contributed by atoms with Gasteiger partial charge in [0.15, 0.2) is 6.29 Å². The van der Waals surface area contributed by atoms with Crippen LogP contribution in [0.15, 0.2) is 48.8 Å². The quantitative estimate of drug-likeness (QED) is 0.154. The van der Waals surface area contributed by atoms with E-state index in [9.17, 15) is 40.2 Å². The molecule has 0 aromatic heterocycles. The molecule has 0 saturated carbocycles. The zero-order valence-electron chi connectivity index (χ0n) is 21.8. The zero-order chi connectivity index (χ0) is 29.0. The Morgan fingerprint density at radius 1 is 1.12 bits per heavy atom. The number of aliphatic hydroxyl groups excluding tert-OH is 5. The van der Waals surface area contributed by atoms with E-state index in [1.54, 1.807) is 24.3 Å². The number of carbonyl (C=O) groups excluding carboxylic acids is 2. The van der Waals surface area contributed by atoms with Crippen LogP contribution in [0.4, 0.5) is 0 Å². The van der Waals surface area contributed by atoms with Crippen LogP contribution in [0.1, 0.15) is 31.2 Å². The standard InChI is InChI=1S/C28H36O12/c1-2-19-20-11-18(10-17(32)9-16(31)8-5-14-3-6-15(30)7-4-14)38-26(36)21(20)13-37-27(19)40-28-25(35)24(34)23(33)22(12-29)39-28/h2-4,6-7,13,16,18-20,22-25,27-31,33-35H,1,5,8-12H2/t16-,18-,19?,20-,22+,23+,24-,25+,27?,28-/m0/s1. The fraction of sp³-hybridized carbons (Fsp3) is 0.571. The molecule has 2 fully saturated rings. The molecule has 12 heteroatoms. The summed E-state index contributed by atoms with van der Waals surface area (Å²) < 4.78 is 22.2. The van der Waals surface area contributed by atoms with Crippen LogP contribution >= 0.6 is 0 Å². The summed E-state index contributed by atoms with van der Waals surface area (Å²) in [6, 6.07) is 6.60. The molecule has 0 bridgehead atoms. The number of carbonyl (C=O) groups is 2. The third kappa shape index (κ3) is 6.89. The second-order valence-electron chi connectivity index (χ2n) is 10.4. The predicted molar refractivity (Wildman–Crippen MR) is 136 cm³/mol. The minimum atomic E-state index is -1.64. The number of aliphatic hydroxyl groups is 5. The van der Waals surface area contributed by atoms with Crippen LogP contribution in [0.2, 0.25) is 0 Å². The first-order chi connectivity index (χ1) is 19.1. The van der Waals surface area contributed by atoms with Gasteiger partial charge in [0.05, 0.1) is 24.5 Å². The fourth-order valence-corrected chi connectivity index (χ4v) is 5.28. The maximum Gasteiger partial charge on any atom is 0.337 e. The largest absolute Gasteiger partial charge is 0.508 e. The van der Waals surface area contributed by atoms with Gasteiger partial charge in [-0.1, -0.05) is 18.2 Å². The predicted octanol–water partition coefficient (Wildman–Crippen LogP) is -0.174. The number of benzene rings is 1. The zero-order valence-corrected chi connectivity index (χ0v) is 21.8. The van der Waals surface area contributed by atoms with Gasteiger partial charge in [0, 0.05) is 24.7 Å². The summed E-state index contributed by atoms with van der Waals surface area (Å²) >= 11 is 0. The van der Waals surface area contributed by atoms with E-state index in [0.29, 0.717) is 12.8 Å². The van der Waals surface area contributed by atoms with Crippen molar-refractivity contribution in [3.05, 3.63) is 54.3 Å². The number of phenolic OH excluding ortho intramolecular Hbond substituents is 1. The lowest BCUT2D eigenvalue weighted by atomic mass is 9.78. The molecule has 1 aromatic carbocycles. The maximum absolute atomic E-state index is 12.7. The van der Waals surface area contributed by atoms with E-state index in [2.05, 4.69) is 6.58 Å². The average molecular weight is 565 g/mol. The second kappa shape index (κ2) is 13.2. The van der Waals surface area contributed by atoms with E-state index in [4.69, 9.17) is 18.9 Å². The Morgan fingerprint density at radius 2 is 1.85 bits per heavy atom. The van der Waals surface area contributed by atoms with Gasteiger partial charge in [-0.05, 0) is 37.0 Å². The number of cyclic esters (lactones) is 1. The SMILES string of the molecule is C=CC1C(O[C@@H]2O[C@H](CO)[C@@H](O)[C@H](O)[C@H]2O)OC=C2C(=O)O[C@@H](CC(=O)C[C@@H](O)CCc3ccc(O)cc3)C[C@H]21. The highest BCUT2D eigenvalue weighted by atomic mass is 16.8. The Labute approximate surface area is 231 Å². The monoisotopic (exact) mass is 564 g/mol. The molecule has 12 nitrogen and oxygen atoms in total. The van der Waals surface area contributed by atoms with Gasteiger partial charge in [-0.25, -0.2) is 4.79 Å². The summed E-state index contributed by atoms with van der Waals surface area (Å²) in [5.74, 6) is -1.90. The number of fused-ring (bicyclic) bond motifs is 1. The Hall–Kier alpha value is -2.84. The topological polar surface area (TPSA) is 192 Å². The number of ether oxygens (including phenoxy) is 4. The van der Waals surface area contributed by atoms with Crippen molar-refractivity contribution in [2.75, 3.05) is 6.61 Å². The number of ketones is 1. The van der Waals surface area contributed by atoms with Crippen LogP contribution in [-0.2, 0) is 35.0 Å². The molecule has 3 heterocycles. The van der Waals surface area contributed by atoms with Crippen LogP contribution in [0, 0.1) is 11.8 Å². The summed E-state index contributed by atoms with van der Waals surface area (Å²) in [4.78, 5) is 25.4. The molecule has 6 N–H and O–H groups in total. The highest BCUT2D eigenvalue weighted by molar-refractivity contribution is 5.90. The molecule has 4 rings (SSSR count). The van der Waals surface area contributed by atoms with Crippen LogP contribution in [0.3, 0.4) is 0 Å². The van der Waals surface area contributed by atoms with Crippen molar-refractivity contribution in [1.82, 2.24) is 0 Å². The number of aromatic hydroxyl groups is 1. The Morgan fingerprint density at radius 3 is 2.52 bits per heavy atom. The lowest BCUT2D eigenvalue weighted by Gasteiger charge is -2.44. The molecule has 220 valence electrons.